The highest BCUT2D eigenvalue weighted by molar-refractivity contribution is 9.10. The number of hydrogen-bond donors (Lipinski definition) is 2. The zero-order valence-corrected chi connectivity index (χ0v) is 15.9. The number of hydrogen-bond acceptors (Lipinski definition) is 3. The molecule has 6 heteroatoms. The lowest BCUT2D eigenvalue weighted by Crippen LogP contribution is -2.50. The molecule has 1 aliphatic rings. The van der Waals surface area contributed by atoms with E-state index in [0.717, 1.165) is 42.6 Å². The smallest absolute Gasteiger partial charge is 0.220 e. The van der Waals surface area contributed by atoms with Crippen molar-refractivity contribution in [1.29, 1.82) is 0 Å². The average molecular weight is 406 g/mol. The normalized spacial score (nSPS) is 20.4. The van der Waals surface area contributed by atoms with E-state index in [2.05, 4.69) is 33.5 Å². The average Bonchev–Trinajstić information content (AvgIpc) is 2.51. The summed E-state index contributed by atoms with van der Waals surface area (Å²) in [5, 5.41) is 6.47. The standard InChI is InChI=1S/C17H25BrN2O2.ClH/c1-13-9-10-19-12-16(13)20-17(21)4-2-3-11-22-15-7-5-14(18)6-8-15;/h5-8,13,16,19H,2-4,9-12H2,1H3,(H,20,21);1H. The Morgan fingerprint density at radius 1 is 1.35 bits per heavy atom. The monoisotopic (exact) mass is 404 g/mol. The van der Waals surface area contributed by atoms with Crippen molar-refractivity contribution in [1.82, 2.24) is 10.6 Å². The predicted octanol–water partition coefficient (Wildman–Crippen LogP) is 3.53. The van der Waals surface area contributed by atoms with Crippen LogP contribution in [0, 0.1) is 5.92 Å². The van der Waals surface area contributed by atoms with Gasteiger partial charge in [-0.05, 0) is 56.0 Å². The van der Waals surface area contributed by atoms with Crippen LogP contribution in [0.1, 0.15) is 32.6 Å². The molecule has 1 aromatic carbocycles. The van der Waals surface area contributed by atoms with Crippen molar-refractivity contribution in [3.05, 3.63) is 28.7 Å². The van der Waals surface area contributed by atoms with Crippen molar-refractivity contribution >= 4 is 34.2 Å². The highest BCUT2D eigenvalue weighted by Crippen LogP contribution is 2.16. The summed E-state index contributed by atoms with van der Waals surface area (Å²) in [5.41, 5.74) is 0. The fraction of sp³-hybridized carbons (Fsp3) is 0.588. The highest BCUT2D eigenvalue weighted by Gasteiger charge is 2.22. The van der Waals surface area contributed by atoms with Crippen molar-refractivity contribution in [2.45, 2.75) is 38.6 Å². The molecule has 1 saturated heterocycles. The van der Waals surface area contributed by atoms with Crippen LogP contribution in [0.3, 0.4) is 0 Å². The zero-order valence-electron chi connectivity index (χ0n) is 13.5. The molecule has 0 aliphatic carbocycles. The second-order valence-corrected chi connectivity index (χ2v) is 6.82. The van der Waals surface area contributed by atoms with Crippen LogP contribution in [-0.2, 0) is 4.79 Å². The first-order valence-corrected chi connectivity index (χ1v) is 8.83. The van der Waals surface area contributed by atoms with Crippen molar-refractivity contribution in [2.24, 2.45) is 5.92 Å². The minimum absolute atomic E-state index is 0. The van der Waals surface area contributed by atoms with Gasteiger partial charge in [0.05, 0.1) is 6.61 Å². The van der Waals surface area contributed by atoms with Gasteiger partial charge >= 0.3 is 0 Å². The van der Waals surface area contributed by atoms with E-state index in [1.165, 1.54) is 0 Å². The third-order valence-corrected chi connectivity index (χ3v) is 4.58. The van der Waals surface area contributed by atoms with Gasteiger partial charge in [0.2, 0.25) is 5.91 Å². The molecular weight excluding hydrogens is 380 g/mol. The van der Waals surface area contributed by atoms with Crippen LogP contribution in [0.4, 0.5) is 0 Å². The Hall–Kier alpha value is -0.780. The Kier molecular flexibility index (Phi) is 9.60. The molecule has 1 heterocycles. The molecule has 0 saturated carbocycles. The summed E-state index contributed by atoms with van der Waals surface area (Å²) < 4.78 is 6.69. The van der Waals surface area contributed by atoms with Gasteiger partial charge in [-0.3, -0.25) is 4.79 Å². The molecule has 4 nitrogen and oxygen atoms in total. The van der Waals surface area contributed by atoms with Gasteiger partial charge in [-0.15, -0.1) is 12.4 Å². The van der Waals surface area contributed by atoms with Gasteiger partial charge in [0.15, 0.2) is 0 Å². The number of carbonyl (C=O) groups is 1. The molecule has 1 amide bonds. The number of halogens is 2. The SMILES string of the molecule is CC1CCNCC1NC(=O)CCCCOc1ccc(Br)cc1.Cl. The number of piperidine rings is 1. The maximum Gasteiger partial charge on any atom is 0.220 e. The van der Waals surface area contributed by atoms with Crippen molar-refractivity contribution < 1.29 is 9.53 Å². The zero-order chi connectivity index (χ0) is 15.8. The molecule has 2 rings (SSSR count). The van der Waals surface area contributed by atoms with Gasteiger partial charge in [0.25, 0.3) is 0 Å². The Morgan fingerprint density at radius 3 is 2.78 bits per heavy atom. The molecule has 0 aromatic heterocycles. The molecule has 0 spiro atoms. The number of benzene rings is 1. The predicted molar refractivity (Wildman–Crippen MR) is 99.3 cm³/mol. The Bertz CT molecular complexity index is 470. The second kappa shape index (κ2) is 10.9. The number of ether oxygens (including phenoxy) is 1. The van der Waals surface area contributed by atoms with Crippen LogP contribution in [0.15, 0.2) is 28.7 Å². The molecule has 2 N–H and O–H groups in total. The highest BCUT2D eigenvalue weighted by atomic mass is 79.9. The van der Waals surface area contributed by atoms with Crippen molar-refractivity contribution in [2.75, 3.05) is 19.7 Å². The van der Waals surface area contributed by atoms with E-state index in [9.17, 15) is 4.79 Å². The first kappa shape index (κ1) is 20.3. The number of unbranched alkanes of at least 4 members (excludes halogenated alkanes) is 1. The van der Waals surface area contributed by atoms with E-state index in [0.29, 0.717) is 18.9 Å². The molecule has 2 unspecified atom stereocenters. The van der Waals surface area contributed by atoms with Crippen molar-refractivity contribution in [3.8, 4) is 5.75 Å². The number of rotatable bonds is 7. The maximum absolute atomic E-state index is 11.9. The third kappa shape index (κ3) is 7.55. The minimum Gasteiger partial charge on any atom is -0.494 e. The molecule has 23 heavy (non-hydrogen) atoms. The van der Waals surface area contributed by atoms with Crippen LogP contribution in [0.2, 0.25) is 0 Å². The van der Waals surface area contributed by atoms with Crippen LogP contribution in [-0.4, -0.2) is 31.6 Å². The van der Waals surface area contributed by atoms with E-state index in [-0.39, 0.29) is 24.4 Å². The van der Waals surface area contributed by atoms with Gasteiger partial charge in [0.1, 0.15) is 5.75 Å². The van der Waals surface area contributed by atoms with Gasteiger partial charge < -0.3 is 15.4 Å². The summed E-state index contributed by atoms with van der Waals surface area (Å²) in [6, 6.07) is 8.08. The van der Waals surface area contributed by atoms with Crippen LogP contribution in [0.5, 0.6) is 5.75 Å². The summed E-state index contributed by atoms with van der Waals surface area (Å²) in [6.07, 6.45) is 3.46. The molecule has 1 fully saturated rings. The van der Waals surface area contributed by atoms with Gasteiger partial charge in [-0.25, -0.2) is 0 Å². The first-order valence-electron chi connectivity index (χ1n) is 8.03. The first-order chi connectivity index (χ1) is 10.6. The van der Waals surface area contributed by atoms with E-state index in [4.69, 9.17) is 4.74 Å². The molecular formula is C17H26BrClN2O2. The fourth-order valence-corrected chi connectivity index (χ4v) is 2.83. The van der Waals surface area contributed by atoms with Gasteiger partial charge in [-0.1, -0.05) is 22.9 Å². The lowest BCUT2D eigenvalue weighted by Gasteiger charge is -2.30. The molecule has 1 aliphatic heterocycles. The largest absolute Gasteiger partial charge is 0.494 e. The van der Waals surface area contributed by atoms with E-state index in [1.54, 1.807) is 0 Å². The molecule has 2 atom stereocenters. The summed E-state index contributed by atoms with van der Waals surface area (Å²) in [5.74, 6) is 1.59. The number of amides is 1. The molecule has 0 radical (unpaired) electrons. The molecule has 1 aromatic rings. The van der Waals surface area contributed by atoms with Crippen LogP contribution < -0.4 is 15.4 Å². The minimum atomic E-state index is 0. The van der Waals surface area contributed by atoms with E-state index in [1.807, 2.05) is 24.3 Å². The summed E-state index contributed by atoms with van der Waals surface area (Å²) in [7, 11) is 0. The Morgan fingerprint density at radius 2 is 2.09 bits per heavy atom. The Labute approximate surface area is 153 Å². The molecule has 0 bridgehead atoms. The van der Waals surface area contributed by atoms with Crippen LogP contribution in [0.25, 0.3) is 0 Å². The third-order valence-electron chi connectivity index (χ3n) is 4.05. The molecule has 130 valence electrons. The van der Waals surface area contributed by atoms with Crippen LogP contribution >= 0.6 is 28.3 Å². The Balaban J connectivity index is 0.00000264. The maximum atomic E-state index is 11.9. The summed E-state index contributed by atoms with van der Waals surface area (Å²) >= 11 is 3.39. The quantitative estimate of drug-likeness (QED) is 0.682. The number of nitrogens with one attached hydrogen (secondary N) is 2. The van der Waals surface area contributed by atoms with Gasteiger partial charge in [0, 0.05) is 23.5 Å². The fourth-order valence-electron chi connectivity index (χ4n) is 2.57. The van der Waals surface area contributed by atoms with E-state index < -0.39 is 0 Å². The number of carbonyl (C=O) groups excluding carboxylic acids is 1. The van der Waals surface area contributed by atoms with Crippen molar-refractivity contribution in [3.63, 3.8) is 0 Å². The van der Waals surface area contributed by atoms with Gasteiger partial charge in [-0.2, -0.15) is 0 Å². The van der Waals surface area contributed by atoms with E-state index >= 15 is 0 Å². The second-order valence-electron chi connectivity index (χ2n) is 5.90. The topological polar surface area (TPSA) is 50.4 Å². The summed E-state index contributed by atoms with van der Waals surface area (Å²) in [6.45, 7) is 4.80. The summed E-state index contributed by atoms with van der Waals surface area (Å²) in [4.78, 5) is 11.9. The lowest BCUT2D eigenvalue weighted by atomic mass is 9.94. The lowest BCUT2D eigenvalue weighted by molar-refractivity contribution is -0.122.